The van der Waals surface area contributed by atoms with Gasteiger partial charge in [0.15, 0.2) is 17.5 Å². The van der Waals surface area contributed by atoms with Crippen molar-refractivity contribution in [1.82, 2.24) is 24.1 Å². The molecule has 0 radical (unpaired) electrons. The van der Waals surface area contributed by atoms with Gasteiger partial charge in [0.25, 0.3) is 0 Å². The van der Waals surface area contributed by atoms with Crippen LogP contribution in [0.5, 0.6) is 0 Å². The molecule has 0 fully saturated rings. The lowest BCUT2D eigenvalue weighted by Crippen LogP contribution is -2.33. The van der Waals surface area contributed by atoms with Crippen LogP contribution in [0.4, 0.5) is 0 Å². The molecule has 11 aromatic rings. The van der Waals surface area contributed by atoms with Gasteiger partial charge < -0.3 is 9.13 Å². The van der Waals surface area contributed by atoms with E-state index in [1.807, 2.05) is 18.2 Å². The molecular weight excluding hydrogens is 755 g/mol. The lowest BCUT2D eigenvalue weighted by atomic mass is 9.63. The first-order valence-corrected chi connectivity index (χ1v) is 21.7. The fourth-order valence-electron chi connectivity index (χ4n) is 10.2. The Hall–Kier alpha value is -7.37. The topological polar surface area (TPSA) is 48.5 Å². The van der Waals surface area contributed by atoms with E-state index in [2.05, 4.69) is 195 Å². The van der Waals surface area contributed by atoms with Crippen molar-refractivity contribution in [3.05, 3.63) is 187 Å². The van der Waals surface area contributed by atoms with Gasteiger partial charge in [0.05, 0.1) is 22.1 Å². The number of hydrogen-bond donors (Lipinski definition) is 0. The third-order valence-corrected chi connectivity index (χ3v) is 13.6. The molecule has 1 aliphatic carbocycles. The van der Waals surface area contributed by atoms with E-state index in [0.717, 1.165) is 28.1 Å². The zero-order valence-electron chi connectivity index (χ0n) is 35.4. The first kappa shape index (κ1) is 36.5. The molecule has 298 valence electrons. The molecule has 0 saturated carbocycles. The summed E-state index contributed by atoms with van der Waals surface area (Å²) >= 11 is 0. The summed E-state index contributed by atoms with van der Waals surface area (Å²) in [6.45, 7) is 9.66. The van der Waals surface area contributed by atoms with Gasteiger partial charge in [-0.05, 0) is 124 Å². The van der Waals surface area contributed by atoms with Crippen molar-refractivity contribution in [2.45, 2.75) is 51.4 Å². The van der Waals surface area contributed by atoms with Crippen molar-refractivity contribution in [3.8, 4) is 45.5 Å². The smallest absolute Gasteiger partial charge is 0.164 e. The normalized spacial score (nSPS) is 14.6. The molecule has 0 N–H and O–H groups in total. The number of aromatic nitrogens is 5. The van der Waals surface area contributed by atoms with Gasteiger partial charge >= 0.3 is 0 Å². The number of fused-ring (bicyclic) bond motifs is 9. The van der Waals surface area contributed by atoms with Gasteiger partial charge in [-0.2, -0.15) is 0 Å². The lowest BCUT2D eigenvalue weighted by Gasteiger charge is -2.42. The Morgan fingerprint density at radius 1 is 0.371 bits per heavy atom. The summed E-state index contributed by atoms with van der Waals surface area (Å²) in [7, 11) is 0. The molecule has 3 heterocycles. The van der Waals surface area contributed by atoms with E-state index < -0.39 is 0 Å². The van der Waals surface area contributed by atoms with Gasteiger partial charge in [0, 0.05) is 49.6 Å². The van der Waals surface area contributed by atoms with Crippen LogP contribution in [0.15, 0.2) is 176 Å². The molecule has 1 aliphatic rings. The molecule has 0 unspecified atom stereocenters. The van der Waals surface area contributed by atoms with Crippen LogP contribution in [0.1, 0.15) is 51.7 Å². The molecule has 0 aliphatic heterocycles. The van der Waals surface area contributed by atoms with E-state index in [4.69, 9.17) is 15.0 Å². The Bertz CT molecular complexity index is 3500. The predicted molar refractivity (Wildman–Crippen MR) is 258 cm³/mol. The predicted octanol–water partition coefficient (Wildman–Crippen LogP) is 14.6. The number of rotatable bonds is 5. The minimum Gasteiger partial charge on any atom is -0.309 e. The second kappa shape index (κ2) is 13.6. The molecule has 0 spiro atoms. The van der Waals surface area contributed by atoms with Crippen molar-refractivity contribution in [3.63, 3.8) is 0 Å². The Balaban J connectivity index is 0.991. The first-order chi connectivity index (χ1) is 30.2. The largest absolute Gasteiger partial charge is 0.309 e. The maximum absolute atomic E-state index is 5.16. The molecule has 12 rings (SSSR count). The second-order valence-corrected chi connectivity index (χ2v) is 18.3. The third-order valence-electron chi connectivity index (χ3n) is 13.6. The Kier molecular flexibility index (Phi) is 7.98. The minimum atomic E-state index is 0.0878. The Labute approximate surface area is 361 Å². The highest BCUT2D eigenvalue weighted by Gasteiger charge is 2.38. The van der Waals surface area contributed by atoms with E-state index in [0.29, 0.717) is 17.5 Å². The number of para-hydroxylation sites is 2. The summed E-state index contributed by atoms with van der Waals surface area (Å²) in [4.78, 5) is 15.3. The van der Waals surface area contributed by atoms with Crippen molar-refractivity contribution in [1.29, 1.82) is 0 Å². The number of nitrogens with zero attached hydrogens (tertiary/aromatic N) is 5. The fraction of sp³-hybridized carbons (Fsp3) is 0.140. The highest BCUT2D eigenvalue weighted by Crippen LogP contribution is 2.49. The van der Waals surface area contributed by atoms with Crippen molar-refractivity contribution in [2.24, 2.45) is 0 Å². The van der Waals surface area contributed by atoms with Crippen LogP contribution in [-0.2, 0) is 10.8 Å². The van der Waals surface area contributed by atoms with Gasteiger partial charge in [-0.15, -0.1) is 0 Å². The summed E-state index contributed by atoms with van der Waals surface area (Å²) in [6.07, 6.45) is 2.35. The minimum absolute atomic E-state index is 0.0878. The lowest BCUT2D eigenvalue weighted by molar-refractivity contribution is 0.332. The highest BCUT2D eigenvalue weighted by molar-refractivity contribution is 6.21. The number of benzene rings is 8. The SMILES string of the molecule is CC1(C)CCC(C)(C)c2cc3c(cc21)c1c2ccccc2ccc1n3-c1ccc(-c2nc(-c3ccccc3)nc(-c3ccc(-n4c5ccccc5c5ccccc54)cc3)n2)cc1. The Morgan fingerprint density at radius 2 is 0.823 bits per heavy atom. The molecular formula is C57H45N5. The maximum atomic E-state index is 5.16. The maximum Gasteiger partial charge on any atom is 0.164 e. The molecule has 8 aromatic carbocycles. The Morgan fingerprint density at radius 3 is 1.39 bits per heavy atom. The molecule has 0 bridgehead atoms. The summed E-state index contributed by atoms with van der Waals surface area (Å²) in [5.41, 5.74) is 12.9. The van der Waals surface area contributed by atoms with E-state index in [9.17, 15) is 0 Å². The zero-order valence-corrected chi connectivity index (χ0v) is 35.4. The molecule has 62 heavy (non-hydrogen) atoms. The summed E-state index contributed by atoms with van der Waals surface area (Å²) < 4.78 is 4.80. The standard InChI is InChI=1S/C57H45N5/c1-56(2)32-33-57(3,4)47-35-51-45(34-46(47)56)52-42-17-9-8-14-36(42)26-31-50(52)62(51)41-29-24-39(25-30-41)55-59-53(37-15-6-5-7-16-37)58-54(60-55)38-22-27-40(28-23-38)61-48-20-12-10-18-43(48)44-19-11-13-21-49(44)61/h5-31,34-35H,32-33H2,1-4H3. The summed E-state index contributed by atoms with van der Waals surface area (Å²) in [5, 5.41) is 7.64. The molecule has 0 atom stereocenters. The number of hydrogen-bond acceptors (Lipinski definition) is 3. The van der Waals surface area contributed by atoms with Crippen LogP contribution in [-0.4, -0.2) is 24.1 Å². The van der Waals surface area contributed by atoms with Gasteiger partial charge in [-0.1, -0.05) is 125 Å². The van der Waals surface area contributed by atoms with E-state index >= 15 is 0 Å². The third kappa shape index (κ3) is 5.65. The summed E-state index contributed by atoms with van der Waals surface area (Å²) in [6, 6.07) is 63.2. The zero-order chi connectivity index (χ0) is 41.7. The summed E-state index contributed by atoms with van der Waals surface area (Å²) in [5.74, 6) is 1.92. The van der Waals surface area contributed by atoms with Crippen LogP contribution >= 0.6 is 0 Å². The van der Waals surface area contributed by atoms with Gasteiger partial charge in [-0.3, -0.25) is 0 Å². The molecule has 3 aromatic heterocycles. The van der Waals surface area contributed by atoms with Crippen LogP contribution in [0.2, 0.25) is 0 Å². The van der Waals surface area contributed by atoms with Crippen LogP contribution in [0.3, 0.4) is 0 Å². The molecule has 0 saturated heterocycles. The van der Waals surface area contributed by atoms with Gasteiger partial charge in [-0.25, -0.2) is 15.0 Å². The van der Waals surface area contributed by atoms with Crippen LogP contribution in [0.25, 0.3) is 99.9 Å². The quantitative estimate of drug-likeness (QED) is 0.174. The fourth-order valence-corrected chi connectivity index (χ4v) is 10.2. The van der Waals surface area contributed by atoms with E-state index in [1.54, 1.807) is 0 Å². The van der Waals surface area contributed by atoms with Crippen LogP contribution in [0, 0.1) is 0 Å². The molecule has 0 amide bonds. The molecule has 5 heteroatoms. The van der Waals surface area contributed by atoms with Crippen molar-refractivity contribution < 1.29 is 0 Å². The van der Waals surface area contributed by atoms with Crippen LogP contribution < -0.4 is 0 Å². The first-order valence-electron chi connectivity index (χ1n) is 21.7. The highest BCUT2D eigenvalue weighted by atomic mass is 15.0. The van der Waals surface area contributed by atoms with Crippen molar-refractivity contribution >= 4 is 54.4 Å². The van der Waals surface area contributed by atoms with E-state index in [1.165, 1.54) is 78.4 Å². The van der Waals surface area contributed by atoms with Gasteiger partial charge in [0.1, 0.15) is 0 Å². The van der Waals surface area contributed by atoms with Crippen molar-refractivity contribution in [2.75, 3.05) is 0 Å². The average Bonchev–Trinajstić information content (AvgIpc) is 3.83. The van der Waals surface area contributed by atoms with Gasteiger partial charge in [0.2, 0.25) is 0 Å². The monoisotopic (exact) mass is 799 g/mol. The van der Waals surface area contributed by atoms with E-state index in [-0.39, 0.29) is 10.8 Å². The second-order valence-electron chi connectivity index (χ2n) is 18.3. The molecule has 5 nitrogen and oxygen atoms in total. The average molecular weight is 800 g/mol.